The minimum atomic E-state index is -0.502. The van der Waals surface area contributed by atoms with Crippen molar-refractivity contribution in [1.29, 1.82) is 0 Å². The Balaban J connectivity index is 2.65. The average Bonchev–Trinajstić information content (AvgIpc) is 2.48. The van der Waals surface area contributed by atoms with E-state index in [-0.39, 0.29) is 23.9 Å². The lowest BCUT2D eigenvalue weighted by molar-refractivity contribution is -0.130. The summed E-state index contributed by atoms with van der Waals surface area (Å²) in [5, 5.41) is 0. The summed E-state index contributed by atoms with van der Waals surface area (Å²) in [6, 6.07) is -0.0405. The summed E-state index contributed by atoms with van der Waals surface area (Å²) < 4.78 is 5.36. The van der Waals surface area contributed by atoms with E-state index in [2.05, 4.69) is 0 Å². The molecule has 1 aliphatic rings. The van der Waals surface area contributed by atoms with Crippen LogP contribution in [0.1, 0.15) is 34.1 Å². The Morgan fingerprint density at radius 3 is 2.47 bits per heavy atom. The highest BCUT2D eigenvalue weighted by molar-refractivity contribution is 6.27. The maximum Gasteiger partial charge on any atom is 0.410 e. The second-order valence-electron chi connectivity index (χ2n) is 5.85. The van der Waals surface area contributed by atoms with Gasteiger partial charge in [-0.05, 0) is 34.1 Å². The van der Waals surface area contributed by atoms with Gasteiger partial charge in [-0.2, -0.15) is 0 Å². The summed E-state index contributed by atoms with van der Waals surface area (Å²) >= 11 is 5.59. The van der Waals surface area contributed by atoms with Gasteiger partial charge in [0.25, 0.3) is 0 Å². The molecule has 1 heterocycles. The highest BCUT2D eigenvalue weighted by Gasteiger charge is 2.29. The maximum atomic E-state index is 12.0. The number of halogens is 1. The lowest BCUT2D eigenvalue weighted by Gasteiger charge is -2.30. The molecule has 1 atom stereocenters. The zero-order valence-electron chi connectivity index (χ0n) is 12.1. The summed E-state index contributed by atoms with van der Waals surface area (Å²) in [6.45, 7) is 9.17. The van der Waals surface area contributed by atoms with Crippen LogP contribution in [0.15, 0.2) is 0 Å². The van der Waals surface area contributed by atoms with Gasteiger partial charge < -0.3 is 14.5 Å². The number of amides is 2. The van der Waals surface area contributed by atoms with E-state index in [0.717, 1.165) is 6.42 Å². The van der Waals surface area contributed by atoms with Crippen LogP contribution in [0.3, 0.4) is 0 Å². The highest BCUT2D eigenvalue weighted by atomic mass is 35.5. The lowest BCUT2D eigenvalue weighted by atomic mass is 10.2. The van der Waals surface area contributed by atoms with E-state index >= 15 is 0 Å². The second kappa shape index (κ2) is 6.46. The molecule has 1 fully saturated rings. The first-order valence-electron chi connectivity index (χ1n) is 6.58. The fourth-order valence-electron chi connectivity index (χ4n) is 2.10. The van der Waals surface area contributed by atoms with Crippen LogP contribution in [0.2, 0.25) is 0 Å². The van der Waals surface area contributed by atoms with Crippen molar-refractivity contribution in [2.45, 2.75) is 45.8 Å². The summed E-state index contributed by atoms with van der Waals surface area (Å²) in [5.74, 6) is -0.100. The van der Waals surface area contributed by atoms with E-state index in [0.29, 0.717) is 19.6 Å². The third-order valence-corrected chi connectivity index (χ3v) is 3.16. The third-order valence-electron chi connectivity index (χ3n) is 2.93. The molecule has 110 valence electrons. The molecule has 6 heteroatoms. The van der Waals surface area contributed by atoms with Crippen LogP contribution in [-0.2, 0) is 9.53 Å². The summed E-state index contributed by atoms with van der Waals surface area (Å²) in [6.07, 6.45) is 0.422. The second-order valence-corrected chi connectivity index (χ2v) is 6.12. The van der Waals surface area contributed by atoms with Gasteiger partial charge in [0.2, 0.25) is 5.91 Å². The number of carbonyl (C=O) groups is 2. The number of carbonyl (C=O) groups excluding carboxylic acids is 2. The molecule has 1 saturated heterocycles. The molecule has 0 N–H and O–H groups in total. The minimum Gasteiger partial charge on any atom is -0.444 e. The molecule has 0 saturated carbocycles. The van der Waals surface area contributed by atoms with Crippen molar-refractivity contribution in [3.05, 3.63) is 0 Å². The Hall–Kier alpha value is -0.970. The van der Waals surface area contributed by atoms with E-state index in [4.69, 9.17) is 16.3 Å². The van der Waals surface area contributed by atoms with Crippen molar-refractivity contribution >= 4 is 23.6 Å². The molecule has 2 amide bonds. The van der Waals surface area contributed by atoms with Gasteiger partial charge in [0.1, 0.15) is 11.5 Å². The van der Waals surface area contributed by atoms with Gasteiger partial charge in [-0.15, -0.1) is 11.6 Å². The number of hydrogen-bond acceptors (Lipinski definition) is 3. The number of rotatable bonds is 1. The Kier molecular flexibility index (Phi) is 5.47. The standard InChI is InChI=1S/C13H23ClN2O3/c1-10-9-15(12(18)19-13(2,3)4)6-5-7-16(10)11(17)8-14/h10H,5-9H2,1-4H3. The molecule has 19 heavy (non-hydrogen) atoms. The van der Waals surface area contributed by atoms with Crippen molar-refractivity contribution in [2.24, 2.45) is 0 Å². The molecule has 1 rings (SSSR count). The molecule has 5 nitrogen and oxygen atoms in total. The number of alkyl halides is 1. The van der Waals surface area contributed by atoms with Crippen LogP contribution in [0.4, 0.5) is 4.79 Å². The van der Waals surface area contributed by atoms with Crippen molar-refractivity contribution in [2.75, 3.05) is 25.5 Å². The topological polar surface area (TPSA) is 49.9 Å². The summed E-state index contributed by atoms with van der Waals surface area (Å²) in [7, 11) is 0. The molecule has 0 spiro atoms. The van der Waals surface area contributed by atoms with Gasteiger partial charge in [-0.1, -0.05) is 0 Å². The van der Waals surface area contributed by atoms with Crippen LogP contribution in [-0.4, -0.2) is 59.0 Å². The Bertz CT molecular complexity index is 341. The fourth-order valence-corrected chi connectivity index (χ4v) is 2.25. The zero-order chi connectivity index (χ0) is 14.6. The summed E-state index contributed by atoms with van der Waals surface area (Å²) in [5.41, 5.74) is -0.502. The van der Waals surface area contributed by atoms with Crippen LogP contribution in [0.5, 0.6) is 0 Å². The van der Waals surface area contributed by atoms with Crippen molar-refractivity contribution in [1.82, 2.24) is 9.80 Å². The van der Waals surface area contributed by atoms with Crippen molar-refractivity contribution in [3.8, 4) is 0 Å². The van der Waals surface area contributed by atoms with E-state index in [9.17, 15) is 9.59 Å². The number of hydrogen-bond donors (Lipinski definition) is 0. The van der Waals surface area contributed by atoms with Gasteiger partial charge in [-0.3, -0.25) is 4.79 Å². The smallest absolute Gasteiger partial charge is 0.410 e. The Morgan fingerprint density at radius 1 is 1.32 bits per heavy atom. The fraction of sp³-hybridized carbons (Fsp3) is 0.846. The largest absolute Gasteiger partial charge is 0.444 e. The number of ether oxygens (including phenoxy) is 1. The Labute approximate surface area is 119 Å². The van der Waals surface area contributed by atoms with Crippen LogP contribution >= 0.6 is 11.6 Å². The zero-order valence-corrected chi connectivity index (χ0v) is 12.9. The van der Waals surface area contributed by atoms with Crippen LogP contribution in [0, 0.1) is 0 Å². The summed E-state index contributed by atoms with van der Waals surface area (Å²) in [4.78, 5) is 27.1. The molecule has 0 aromatic rings. The predicted molar refractivity (Wildman–Crippen MR) is 74.3 cm³/mol. The van der Waals surface area contributed by atoms with Gasteiger partial charge in [-0.25, -0.2) is 4.79 Å². The molecule has 0 bridgehead atoms. The van der Waals surface area contributed by atoms with Crippen LogP contribution < -0.4 is 0 Å². The highest BCUT2D eigenvalue weighted by Crippen LogP contribution is 2.15. The van der Waals surface area contributed by atoms with Gasteiger partial charge in [0.15, 0.2) is 0 Å². The molecule has 0 radical (unpaired) electrons. The first kappa shape index (κ1) is 16.1. The molecule has 0 aromatic heterocycles. The molecular formula is C13H23ClN2O3. The molecule has 1 unspecified atom stereocenters. The normalized spacial score (nSPS) is 21.0. The third kappa shape index (κ3) is 4.90. The maximum absolute atomic E-state index is 12.0. The molecule has 0 aliphatic carbocycles. The van der Waals surface area contributed by atoms with Crippen molar-refractivity contribution in [3.63, 3.8) is 0 Å². The van der Waals surface area contributed by atoms with Gasteiger partial charge in [0.05, 0.1) is 0 Å². The number of nitrogens with zero attached hydrogens (tertiary/aromatic N) is 2. The quantitative estimate of drug-likeness (QED) is 0.695. The predicted octanol–water partition coefficient (Wildman–Crippen LogP) is 2.08. The lowest BCUT2D eigenvalue weighted by Crippen LogP contribution is -2.45. The van der Waals surface area contributed by atoms with E-state index in [1.54, 1.807) is 9.80 Å². The molecule has 1 aliphatic heterocycles. The first-order valence-corrected chi connectivity index (χ1v) is 7.11. The van der Waals surface area contributed by atoms with E-state index in [1.165, 1.54) is 0 Å². The Morgan fingerprint density at radius 2 is 1.95 bits per heavy atom. The SMILES string of the molecule is CC1CN(C(=O)OC(C)(C)C)CCCN1C(=O)CCl. The van der Waals surface area contributed by atoms with Crippen LogP contribution in [0.25, 0.3) is 0 Å². The molecule has 0 aromatic carbocycles. The minimum absolute atomic E-state index is 0.0171. The van der Waals surface area contributed by atoms with Crippen molar-refractivity contribution < 1.29 is 14.3 Å². The van der Waals surface area contributed by atoms with Gasteiger partial charge in [0, 0.05) is 25.7 Å². The molecular weight excluding hydrogens is 268 g/mol. The van der Waals surface area contributed by atoms with Gasteiger partial charge >= 0.3 is 6.09 Å². The van der Waals surface area contributed by atoms with E-state index in [1.807, 2.05) is 27.7 Å². The average molecular weight is 291 g/mol. The monoisotopic (exact) mass is 290 g/mol. The van der Waals surface area contributed by atoms with E-state index < -0.39 is 5.60 Å². The first-order chi connectivity index (χ1) is 8.74.